The fourth-order valence-corrected chi connectivity index (χ4v) is 3.22. The van der Waals surface area contributed by atoms with Gasteiger partial charge in [-0.3, -0.25) is 4.79 Å². The van der Waals surface area contributed by atoms with Crippen molar-refractivity contribution in [2.75, 3.05) is 4.90 Å². The zero-order valence-electron chi connectivity index (χ0n) is 14.5. The van der Waals surface area contributed by atoms with Crippen LogP contribution < -0.4 is 15.4 Å². The molecule has 5 heteroatoms. The first-order valence-electron chi connectivity index (χ1n) is 8.66. The average Bonchev–Trinajstić information content (AvgIpc) is 2.64. The van der Waals surface area contributed by atoms with Crippen LogP contribution >= 0.6 is 11.6 Å². The van der Waals surface area contributed by atoms with Crippen LogP contribution in [-0.2, 0) is 11.3 Å². The van der Waals surface area contributed by atoms with Gasteiger partial charge in [-0.15, -0.1) is 0 Å². The fraction of sp³-hybridized carbons (Fsp3) is 0.350. The number of anilines is 1. The summed E-state index contributed by atoms with van der Waals surface area (Å²) in [6.45, 7) is 4.40. The smallest absolute Gasteiger partial charge is 0.268 e. The van der Waals surface area contributed by atoms with E-state index in [9.17, 15) is 4.79 Å². The molecule has 2 atom stereocenters. The summed E-state index contributed by atoms with van der Waals surface area (Å²) in [5.41, 5.74) is 8.84. The summed E-state index contributed by atoms with van der Waals surface area (Å²) in [6.07, 6.45) is 0.976. The lowest BCUT2D eigenvalue weighted by Gasteiger charge is -2.35. The second-order valence-corrected chi connectivity index (χ2v) is 6.68. The topological polar surface area (TPSA) is 55.6 Å². The molecule has 1 aliphatic rings. The van der Waals surface area contributed by atoms with Gasteiger partial charge in [0.2, 0.25) is 0 Å². The molecule has 132 valence electrons. The number of carbonyl (C=O) groups excluding carboxylic acids is 1. The van der Waals surface area contributed by atoms with Crippen molar-refractivity contribution >= 4 is 23.2 Å². The SMILES string of the molecule is CCC1Oc2ccc(C(N)CC)cc2N(Cc2ccccc2Cl)C1=O. The lowest BCUT2D eigenvalue weighted by atomic mass is 10.0. The largest absolute Gasteiger partial charge is 0.478 e. The molecule has 0 aliphatic carbocycles. The molecule has 1 aliphatic heterocycles. The Balaban J connectivity index is 2.03. The van der Waals surface area contributed by atoms with Gasteiger partial charge in [-0.1, -0.05) is 49.7 Å². The zero-order valence-corrected chi connectivity index (χ0v) is 15.3. The molecule has 1 heterocycles. The second kappa shape index (κ2) is 7.46. The predicted octanol–water partition coefficient (Wildman–Crippen LogP) is 4.45. The third-order valence-corrected chi connectivity index (χ3v) is 4.98. The molecule has 3 rings (SSSR count). The van der Waals surface area contributed by atoms with Crippen LogP contribution in [0.25, 0.3) is 0 Å². The van der Waals surface area contributed by atoms with Crippen molar-refractivity contribution in [1.82, 2.24) is 0 Å². The molecule has 0 fully saturated rings. The third kappa shape index (κ3) is 3.51. The molecule has 0 saturated heterocycles. The van der Waals surface area contributed by atoms with Gasteiger partial charge < -0.3 is 15.4 Å². The summed E-state index contributed by atoms with van der Waals surface area (Å²) in [5, 5.41) is 0.651. The minimum atomic E-state index is -0.472. The van der Waals surface area contributed by atoms with Crippen molar-refractivity contribution in [1.29, 1.82) is 0 Å². The number of hydrogen-bond acceptors (Lipinski definition) is 3. The molecule has 0 spiro atoms. The molecule has 1 amide bonds. The number of halogens is 1. The van der Waals surface area contributed by atoms with Gasteiger partial charge >= 0.3 is 0 Å². The van der Waals surface area contributed by atoms with E-state index in [2.05, 4.69) is 0 Å². The van der Waals surface area contributed by atoms with Crippen LogP contribution in [0.2, 0.25) is 5.02 Å². The Morgan fingerprint density at radius 3 is 2.68 bits per heavy atom. The van der Waals surface area contributed by atoms with Crippen molar-refractivity contribution in [2.45, 2.75) is 45.4 Å². The zero-order chi connectivity index (χ0) is 18.0. The minimum absolute atomic E-state index is 0.0443. The molecule has 2 aromatic rings. The van der Waals surface area contributed by atoms with Crippen molar-refractivity contribution in [3.8, 4) is 5.75 Å². The Morgan fingerprint density at radius 2 is 2.00 bits per heavy atom. The van der Waals surface area contributed by atoms with Crippen molar-refractivity contribution in [3.63, 3.8) is 0 Å². The number of hydrogen-bond donors (Lipinski definition) is 1. The molecule has 2 unspecified atom stereocenters. The minimum Gasteiger partial charge on any atom is -0.478 e. The standard InChI is InChI=1S/C20H23ClN2O2/c1-3-16(22)13-9-10-19-17(11-13)23(20(24)18(4-2)25-19)12-14-7-5-6-8-15(14)21/h5-11,16,18H,3-4,12,22H2,1-2H3. The van der Waals surface area contributed by atoms with Crippen molar-refractivity contribution in [3.05, 3.63) is 58.6 Å². The number of amides is 1. The summed E-state index contributed by atoms with van der Waals surface area (Å²) in [4.78, 5) is 14.7. The quantitative estimate of drug-likeness (QED) is 0.858. The van der Waals surface area contributed by atoms with Gasteiger partial charge in [0, 0.05) is 11.1 Å². The summed E-state index contributed by atoms with van der Waals surface area (Å²) in [7, 11) is 0. The first kappa shape index (κ1) is 17.8. The Hall–Kier alpha value is -2.04. The van der Waals surface area contributed by atoms with Crippen molar-refractivity contribution < 1.29 is 9.53 Å². The number of carbonyl (C=O) groups is 1. The Labute approximate surface area is 153 Å². The van der Waals surface area contributed by atoms with Crippen LogP contribution in [0.1, 0.15) is 43.9 Å². The number of nitrogens with two attached hydrogens (primary N) is 1. The Bertz CT molecular complexity index is 778. The van der Waals surface area contributed by atoms with Gasteiger partial charge in [-0.05, 0) is 42.2 Å². The van der Waals surface area contributed by atoms with E-state index in [1.165, 1.54) is 0 Å². The van der Waals surface area contributed by atoms with Gasteiger partial charge in [-0.2, -0.15) is 0 Å². The van der Waals surface area contributed by atoms with E-state index < -0.39 is 6.10 Å². The van der Waals surface area contributed by atoms with Crippen LogP contribution in [0, 0.1) is 0 Å². The fourth-order valence-electron chi connectivity index (χ4n) is 3.03. The number of ether oxygens (including phenoxy) is 1. The highest BCUT2D eigenvalue weighted by Gasteiger charge is 2.34. The molecule has 2 aromatic carbocycles. The van der Waals surface area contributed by atoms with E-state index in [1.54, 1.807) is 4.90 Å². The first-order valence-corrected chi connectivity index (χ1v) is 9.03. The summed E-state index contributed by atoms with van der Waals surface area (Å²) < 4.78 is 5.89. The van der Waals surface area contributed by atoms with E-state index in [1.807, 2.05) is 56.3 Å². The number of nitrogens with zero attached hydrogens (tertiary/aromatic N) is 1. The maximum Gasteiger partial charge on any atom is 0.268 e. The summed E-state index contributed by atoms with van der Waals surface area (Å²) >= 11 is 6.30. The molecule has 0 bridgehead atoms. The van der Waals surface area contributed by atoms with Crippen LogP contribution in [-0.4, -0.2) is 12.0 Å². The second-order valence-electron chi connectivity index (χ2n) is 6.27. The first-order chi connectivity index (χ1) is 12.0. The average molecular weight is 359 g/mol. The third-order valence-electron chi connectivity index (χ3n) is 4.61. The molecular weight excluding hydrogens is 336 g/mol. The monoisotopic (exact) mass is 358 g/mol. The predicted molar refractivity (Wildman–Crippen MR) is 101 cm³/mol. The molecule has 0 radical (unpaired) electrons. The number of fused-ring (bicyclic) bond motifs is 1. The maximum absolute atomic E-state index is 12.9. The number of benzene rings is 2. The molecular formula is C20H23ClN2O2. The molecule has 0 aromatic heterocycles. The highest BCUT2D eigenvalue weighted by Crippen LogP contribution is 2.38. The van der Waals surface area contributed by atoms with Crippen LogP contribution in [0.3, 0.4) is 0 Å². The molecule has 0 saturated carbocycles. The van der Waals surface area contributed by atoms with Crippen LogP contribution in [0.4, 0.5) is 5.69 Å². The van der Waals surface area contributed by atoms with E-state index >= 15 is 0 Å². The van der Waals surface area contributed by atoms with Crippen LogP contribution in [0.5, 0.6) is 5.75 Å². The van der Waals surface area contributed by atoms with Gasteiger partial charge in [0.1, 0.15) is 5.75 Å². The molecule has 25 heavy (non-hydrogen) atoms. The summed E-state index contributed by atoms with van der Waals surface area (Å²) in [6, 6.07) is 13.4. The molecule has 4 nitrogen and oxygen atoms in total. The Kier molecular flexibility index (Phi) is 5.30. The van der Waals surface area contributed by atoms with Gasteiger partial charge in [0.05, 0.1) is 12.2 Å². The lowest BCUT2D eigenvalue weighted by Crippen LogP contribution is -2.45. The maximum atomic E-state index is 12.9. The normalized spacial score (nSPS) is 17.8. The molecule has 2 N–H and O–H groups in total. The Morgan fingerprint density at radius 1 is 1.24 bits per heavy atom. The van der Waals surface area contributed by atoms with E-state index in [-0.39, 0.29) is 11.9 Å². The lowest BCUT2D eigenvalue weighted by molar-refractivity contribution is -0.126. The van der Waals surface area contributed by atoms with Gasteiger partial charge in [-0.25, -0.2) is 0 Å². The van der Waals surface area contributed by atoms with Gasteiger partial charge in [0.25, 0.3) is 5.91 Å². The van der Waals surface area contributed by atoms with E-state index in [0.29, 0.717) is 23.7 Å². The van der Waals surface area contributed by atoms with Crippen molar-refractivity contribution in [2.24, 2.45) is 5.73 Å². The highest BCUT2D eigenvalue weighted by atomic mass is 35.5. The number of rotatable bonds is 5. The van der Waals surface area contributed by atoms with Gasteiger partial charge in [0.15, 0.2) is 6.10 Å². The van der Waals surface area contributed by atoms with E-state index in [4.69, 9.17) is 22.1 Å². The van der Waals surface area contributed by atoms with Crippen LogP contribution in [0.15, 0.2) is 42.5 Å². The van der Waals surface area contributed by atoms with E-state index in [0.717, 1.165) is 23.2 Å². The summed E-state index contributed by atoms with van der Waals surface area (Å²) in [5.74, 6) is 0.669. The highest BCUT2D eigenvalue weighted by molar-refractivity contribution is 6.31.